The minimum atomic E-state index is -0.309. The van der Waals surface area contributed by atoms with Gasteiger partial charge < -0.3 is 14.0 Å². The molecule has 0 aliphatic rings. The Bertz CT molecular complexity index is 864. The number of rotatable bonds is 5. The number of ether oxygens (including phenoxy) is 2. The van der Waals surface area contributed by atoms with Gasteiger partial charge in [0.15, 0.2) is 0 Å². The van der Waals surface area contributed by atoms with Crippen molar-refractivity contribution < 1.29 is 14.3 Å². The van der Waals surface area contributed by atoms with Crippen LogP contribution in [0.3, 0.4) is 0 Å². The van der Waals surface area contributed by atoms with Crippen LogP contribution in [0.5, 0.6) is 5.75 Å². The Balaban J connectivity index is 2.21. The molecule has 0 unspecified atom stereocenters. The van der Waals surface area contributed by atoms with Gasteiger partial charge in [0, 0.05) is 11.4 Å². The lowest BCUT2D eigenvalue weighted by atomic mass is 10.1. The average molecular weight is 335 g/mol. The Hall–Kier alpha value is -3.01. The zero-order valence-electron chi connectivity index (χ0n) is 14.7. The van der Waals surface area contributed by atoms with E-state index in [1.54, 1.807) is 7.11 Å². The van der Waals surface area contributed by atoms with Gasteiger partial charge in [0.25, 0.3) is 0 Å². The van der Waals surface area contributed by atoms with Crippen LogP contribution >= 0.6 is 0 Å². The van der Waals surface area contributed by atoms with E-state index in [1.165, 1.54) is 0 Å². The Morgan fingerprint density at radius 1 is 1.04 bits per heavy atom. The summed E-state index contributed by atoms with van der Waals surface area (Å²) in [6, 6.07) is 19.5. The predicted molar refractivity (Wildman–Crippen MR) is 98.5 cm³/mol. The minimum absolute atomic E-state index is 0.309. The molecule has 1 heterocycles. The SMILES string of the molecule is CCOC(=O)c1cc(C)n(-c2ccc(OC)cc2)c1-c1ccccc1. The molecule has 0 fully saturated rings. The topological polar surface area (TPSA) is 40.5 Å². The number of carbonyl (C=O) groups is 1. The molecule has 3 aromatic rings. The molecule has 0 atom stereocenters. The van der Waals surface area contributed by atoms with E-state index < -0.39 is 0 Å². The highest BCUT2D eigenvalue weighted by Gasteiger charge is 2.21. The fraction of sp³-hybridized carbons (Fsp3) is 0.190. The number of hydrogen-bond donors (Lipinski definition) is 0. The summed E-state index contributed by atoms with van der Waals surface area (Å²) >= 11 is 0. The molecule has 0 spiro atoms. The molecule has 0 saturated heterocycles. The largest absolute Gasteiger partial charge is 0.497 e. The second-order valence-electron chi connectivity index (χ2n) is 5.67. The zero-order chi connectivity index (χ0) is 17.8. The lowest BCUT2D eigenvalue weighted by molar-refractivity contribution is 0.0527. The van der Waals surface area contributed by atoms with E-state index in [0.717, 1.165) is 28.4 Å². The van der Waals surface area contributed by atoms with Crippen molar-refractivity contribution in [3.05, 3.63) is 71.9 Å². The van der Waals surface area contributed by atoms with E-state index in [9.17, 15) is 4.79 Å². The molecule has 3 rings (SSSR count). The van der Waals surface area contributed by atoms with Crippen molar-refractivity contribution in [2.24, 2.45) is 0 Å². The van der Waals surface area contributed by atoms with Crippen molar-refractivity contribution in [2.45, 2.75) is 13.8 Å². The lowest BCUT2D eigenvalue weighted by Gasteiger charge is -2.14. The maximum Gasteiger partial charge on any atom is 0.340 e. The summed E-state index contributed by atoms with van der Waals surface area (Å²) in [7, 11) is 1.64. The minimum Gasteiger partial charge on any atom is -0.497 e. The summed E-state index contributed by atoms with van der Waals surface area (Å²) in [5.74, 6) is 0.483. The van der Waals surface area contributed by atoms with Gasteiger partial charge in [0.2, 0.25) is 0 Å². The van der Waals surface area contributed by atoms with Gasteiger partial charge in [0.05, 0.1) is 25.0 Å². The van der Waals surface area contributed by atoms with Crippen LogP contribution in [-0.2, 0) is 4.74 Å². The molecule has 0 bridgehead atoms. The third-order valence-corrected chi connectivity index (χ3v) is 4.06. The number of benzene rings is 2. The molecule has 25 heavy (non-hydrogen) atoms. The van der Waals surface area contributed by atoms with Crippen LogP contribution < -0.4 is 4.74 Å². The predicted octanol–water partition coefficient (Wildman–Crippen LogP) is 4.64. The van der Waals surface area contributed by atoms with Crippen molar-refractivity contribution in [1.29, 1.82) is 0 Å². The van der Waals surface area contributed by atoms with Gasteiger partial charge in [0.1, 0.15) is 5.75 Å². The highest BCUT2D eigenvalue weighted by molar-refractivity contribution is 5.97. The van der Waals surface area contributed by atoms with Gasteiger partial charge in [-0.3, -0.25) is 0 Å². The van der Waals surface area contributed by atoms with Crippen LogP contribution in [0.1, 0.15) is 23.0 Å². The Labute approximate surface area is 147 Å². The number of hydrogen-bond acceptors (Lipinski definition) is 3. The molecule has 0 radical (unpaired) electrons. The Kier molecular flexibility index (Phi) is 4.89. The van der Waals surface area contributed by atoms with Crippen LogP contribution in [0, 0.1) is 6.92 Å². The number of nitrogens with zero attached hydrogens (tertiary/aromatic N) is 1. The highest BCUT2D eigenvalue weighted by Crippen LogP contribution is 2.32. The van der Waals surface area contributed by atoms with E-state index in [-0.39, 0.29) is 5.97 Å². The van der Waals surface area contributed by atoms with E-state index in [0.29, 0.717) is 12.2 Å². The first-order valence-corrected chi connectivity index (χ1v) is 8.25. The first-order valence-electron chi connectivity index (χ1n) is 8.25. The fourth-order valence-corrected chi connectivity index (χ4v) is 2.95. The smallest absolute Gasteiger partial charge is 0.340 e. The molecule has 0 amide bonds. The van der Waals surface area contributed by atoms with E-state index in [2.05, 4.69) is 4.57 Å². The lowest BCUT2D eigenvalue weighted by Crippen LogP contribution is -2.07. The molecule has 0 aliphatic carbocycles. The number of esters is 1. The van der Waals surface area contributed by atoms with Crippen molar-refractivity contribution >= 4 is 5.97 Å². The zero-order valence-corrected chi connectivity index (χ0v) is 14.7. The average Bonchev–Trinajstić information content (AvgIpc) is 3.00. The highest BCUT2D eigenvalue weighted by atomic mass is 16.5. The molecule has 2 aromatic carbocycles. The van der Waals surface area contributed by atoms with Crippen molar-refractivity contribution in [1.82, 2.24) is 4.57 Å². The second-order valence-corrected chi connectivity index (χ2v) is 5.67. The normalized spacial score (nSPS) is 10.5. The summed E-state index contributed by atoms with van der Waals surface area (Å²) in [5.41, 5.74) is 4.30. The molecular weight excluding hydrogens is 314 g/mol. The quantitative estimate of drug-likeness (QED) is 0.638. The summed E-state index contributed by atoms with van der Waals surface area (Å²) in [6.45, 7) is 4.15. The van der Waals surface area contributed by atoms with Gasteiger partial charge >= 0.3 is 5.97 Å². The van der Waals surface area contributed by atoms with Crippen LogP contribution in [0.25, 0.3) is 16.9 Å². The first-order chi connectivity index (χ1) is 12.2. The van der Waals surface area contributed by atoms with Crippen molar-refractivity contribution in [2.75, 3.05) is 13.7 Å². The van der Waals surface area contributed by atoms with Gasteiger partial charge in [-0.15, -0.1) is 0 Å². The first kappa shape index (κ1) is 16.8. The van der Waals surface area contributed by atoms with Gasteiger partial charge in [-0.2, -0.15) is 0 Å². The number of aryl methyl sites for hydroxylation is 1. The molecular formula is C21H21NO3. The van der Waals surface area contributed by atoms with E-state index in [1.807, 2.05) is 74.5 Å². The summed E-state index contributed by atoms with van der Waals surface area (Å²) in [4.78, 5) is 12.5. The van der Waals surface area contributed by atoms with Gasteiger partial charge in [-0.1, -0.05) is 30.3 Å². The number of aromatic nitrogens is 1. The molecule has 0 saturated carbocycles. The summed E-state index contributed by atoms with van der Waals surface area (Å²) in [5, 5.41) is 0. The van der Waals surface area contributed by atoms with Crippen molar-refractivity contribution in [3.63, 3.8) is 0 Å². The van der Waals surface area contributed by atoms with E-state index >= 15 is 0 Å². The van der Waals surface area contributed by atoms with Crippen molar-refractivity contribution in [3.8, 4) is 22.7 Å². The summed E-state index contributed by atoms with van der Waals surface area (Å²) < 4.78 is 12.6. The van der Waals surface area contributed by atoms with Crippen LogP contribution in [0.2, 0.25) is 0 Å². The van der Waals surface area contributed by atoms with Crippen LogP contribution in [-0.4, -0.2) is 24.3 Å². The maximum atomic E-state index is 12.5. The summed E-state index contributed by atoms with van der Waals surface area (Å²) in [6.07, 6.45) is 0. The fourth-order valence-electron chi connectivity index (χ4n) is 2.95. The third kappa shape index (κ3) is 3.29. The molecule has 0 aliphatic heterocycles. The molecule has 4 nitrogen and oxygen atoms in total. The van der Waals surface area contributed by atoms with Gasteiger partial charge in [-0.25, -0.2) is 4.79 Å². The van der Waals surface area contributed by atoms with Gasteiger partial charge in [-0.05, 0) is 49.7 Å². The Morgan fingerprint density at radius 2 is 1.72 bits per heavy atom. The number of methoxy groups -OCH3 is 1. The number of carbonyl (C=O) groups excluding carboxylic acids is 1. The third-order valence-electron chi connectivity index (χ3n) is 4.06. The Morgan fingerprint density at radius 3 is 2.32 bits per heavy atom. The van der Waals surface area contributed by atoms with Crippen LogP contribution in [0.15, 0.2) is 60.7 Å². The molecule has 0 N–H and O–H groups in total. The second kappa shape index (κ2) is 7.26. The molecule has 128 valence electrons. The standard InChI is InChI=1S/C21H21NO3/c1-4-25-21(23)19-14-15(2)22(17-10-12-18(24-3)13-11-17)20(19)16-8-6-5-7-9-16/h5-14H,4H2,1-3H3. The molecule has 1 aromatic heterocycles. The maximum absolute atomic E-state index is 12.5. The monoisotopic (exact) mass is 335 g/mol. The van der Waals surface area contributed by atoms with E-state index in [4.69, 9.17) is 9.47 Å². The molecule has 4 heteroatoms. The van der Waals surface area contributed by atoms with Crippen LogP contribution in [0.4, 0.5) is 0 Å².